The fourth-order valence-electron chi connectivity index (χ4n) is 2.00. The molecule has 0 aliphatic carbocycles. The minimum atomic E-state index is -0.925. The van der Waals surface area contributed by atoms with Gasteiger partial charge in [-0.1, -0.05) is 32.9 Å². The van der Waals surface area contributed by atoms with Crippen molar-refractivity contribution in [2.24, 2.45) is 0 Å². The number of benzene rings is 1. The second-order valence-electron chi connectivity index (χ2n) is 4.44. The molecule has 2 N–H and O–H groups in total. The van der Waals surface area contributed by atoms with Crippen LogP contribution in [0.4, 0.5) is 0 Å². The van der Waals surface area contributed by atoms with Crippen LogP contribution < -0.4 is 10.1 Å². The summed E-state index contributed by atoms with van der Waals surface area (Å²) in [5, 5.41) is 12.4. The van der Waals surface area contributed by atoms with E-state index in [2.05, 4.69) is 19.2 Å². The van der Waals surface area contributed by atoms with Gasteiger partial charge in [0.05, 0.1) is 0 Å². The van der Waals surface area contributed by atoms with Gasteiger partial charge in [-0.05, 0) is 37.1 Å². The van der Waals surface area contributed by atoms with Crippen molar-refractivity contribution in [2.45, 2.75) is 45.8 Å². The van der Waals surface area contributed by atoms with Crippen LogP contribution in [0.3, 0.4) is 0 Å². The third-order valence-electron chi connectivity index (χ3n) is 3.07. The predicted molar refractivity (Wildman–Crippen MR) is 75.5 cm³/mol. The van der Waals surface area contributed by atoms with E-state index in [-0.39, 0.29) is 0 Å². The first-order valence-electron chi connectivity index (χ1n) is 6.85. The summed E-state index contributed by atoms with van der Waals surface area (Å²) in [4.78, 5) is 10.9. The fourth-order valence-corrected chi connectivity index (χ4v) is 2.00. The van der Waals surface area contributed by atoms with Gasteiger partial charge in [0, 0.05) is 6.04 Å². The normalized spacial score (nSPS) is 13.8. The molecular weight excluding hydrogens is 242 g/mol. The van der Waals surface area contributed by atoms with E-state index in [0.29, 0.717) is 18.2 Å². The Labute approximate surface area is 114 Å². The zero-order valence-electron chi connectivity index (χ0n) is 11.8. The van der Waals surface area contributed by atoms with Crippen molar-refractivity contribution >= 4 is 5.97 Å². The topological polar surface area (TPSA) is 58.6 Å². The Morgan fingerprint density at radius 3 is 2.26 bits per heavy atom. The Kier molecular flexibility index (Phi) is 6.36. The molecule has 2 atom stereocenters. The van der Waals surface area contributed by atoms with E-state index in [0.717, 1.165) is 13.0 Å². The van der Waals surface area contributed by atoms with Gasteiger partial charge >= 0.3 is 5.97 Å². The second-order valence-corrected chi connectivity index (χ2v) is 4.44. The number of rotatable bonds is 8. The molecule has 106 valence electrons. The van der Waals surface area contributed by atoms with E-state index in [1.165, 1.54) is 5.56 Å². The summed E-state index contributed by atoms with van der Waals surface area (Å²) < 4.78 is 5.43. The molecule has 0 aromatic heterocycles. The van der Waals surface area contributed by atoms with Crippen LogP contribution in [-0.2, 0) is 4.79 Å². The molecule has 0 radical (unpaired) electrons. The maximum atomic E-state index is 10.9. The lowest BCUT2D eigenvalue weighted by Gasteiger charge is -2.17. The van der Waals surface area contributed by atoms with E-state index in [4.69, 9.17) is 9.84 Å². The summed E-state index contributed by atoms with van der Waals surface area (Å²) >= 11 is 0. The van der Waals surface area contributed by atoms with Gasteiger partial charge in [-0.25, -0.2) is 4.79 Å². The monoisotopic (exact) mass is 265 g/mol. The summed E-state index contributed by atoms with van der Waals surface area (Å²) in [6.07, 6.45) is 0.689. The number of ether oxygens (including phenoxy) is 1. The smallest absolute Gasteiger partial charge is 0.344 e. The van der Waals surface area contributed by atoms with Crippen LogP contribution >= 0.6 is 0 Å². The molecule has 2 unspecified atom stereocenters. The highest BCUT2D eigenvalue weighted by Crippen LogP contribution is 2.21. The van der Waals surface area contributed by atoms with Crippen LogP contribution in [0, 0.1) is 0 Å². The van der Waals surface area contributed by atoms with Gasteiger partial charge in [-0.15, -0.1) is 0 Å². The second kappa shape index (κ2) is 7.79. The number of nitrogens with one attached hydrogen (secondary N) is 1. The van der Waals surface area contributed by atoms with Gasteiger partial charge in [-0.2, -0.15) is 0 Å². The standard InChI is InChI=1S/C15H23NO3/c1-4-13(16-6-3)11-7-9-12(10-8-11)19-14(5-2)15(17)18/h7-10,13-14,16H,4-6H2,1-3H3,(H,17,18). The van der Waals surface area contributed by atoms with Crippen LogP contribution in [0.2, 0.25) is 0 Å². The van der Waals surface area contributed by atoms with E-state index < -0.39 is 12.1 Å². The minimum absolute atomic E-state index is 0.334. The number of aliphatic carboxylic acids is 1. The lowest BCUT2D eigenvalue weighted by atomic mass is 10.0. The van der Waals surface area contributed by atoms with Crippen molar-refractivity contribution < 1.29 is 14.6 Å². The molecule has 0 heterocycles. The van der Waals surface area contributed by atoms with Crippen molar-refractivity contribution in [1.82, 2.24) is 5.32 Å². The van der Waals surface area contributed by atoms with E-state index in [1.807, 2.05) is 24.3 Å². The van der Waals surface area contributed by atoms with E-state index in [9.17, 15) is 4.79 Å². The molecule has 0 bridgehead atoms. The lowest BCUT2D eigenvalue weighted by molar-refractivity contribution is -0.145. The minimum Gasteiger partial charge on any atom is -0.479 e. The molecule has 4 heteroatoms. The van der Waals surface area contributed by atoms with Gasteiger partial charge in [0.25, 0.3) is 0 Å². The zero-order chi connectivity index (χ0) is 14.3. The highest BCUT2D eigenvalue weighted by atomic mass is 16.5. The first-order valence-corrected chi connectivity index (χ1v) is 6.85. The average Bonchev–Trinajstić information content (AvgIpc) is 2.42. The highest BCUT2D eigenvalue weighted by molar-refractivity contribution is 5.72. The van der Waals surface area contributed by atoms with Crippen LogP contribution in [0.25, 0.3) is 0 Å². The first kappa shape index (κ1) is 15.5. The Hall–Kier alpha value is -1.55. The molecule has 19 heavy (non-hydrogen) atoms. The Bertz CT molecular complexity index is 389. The van der Waals surface area contributed by atoms with Crippen LogP contribution in [0.5, 0.6) is 5.75 Å². The molecule has 0 saturated carbocycles. The highest BCUT2D eigenvalue weighted by Gasteiger charge is 2.16. The molecule has 4 nitrogen and oxygen atoms in total. The molecule has 0 spiro atoms. The van der Waals surface area contributed by atoms with Crippen molar-refractivity contribution in [3.8, 4) is 5.75 Å². The number of carbonyl (C=O) groups is 1. The van der Waals surface area contributed by atoms with Crippen molar-refractivity contribution in [1.29, 1.82) is 0 Å². The van der Waals surface area contributed by atoms with Gasteiger partial charge in [0.1, 0.15) is 5.75 Å². The van der Waals surface area contributed by atoms with Gasteiger partial charge < -0.3 is 15.2 Å². The summed E-state index contributed by atoms with van der Waals surface area (Å²) in [7, 11) is 0. The van der Waals surface area contributed by atoms with E-state index >= 15 is 0 Å². The molecule has 1 aromatic rings. The number of hydrogen-bond donors (Lipinski definition) is 2. The molecule has 1 aromatic carbocycles. The molecule has 0 amide bonds. The maximum absolute atomic E-state index is 10.9. The maximum Gasteiger partial charge on any atom is 0.344 e. The van der Waals surface area contributed by atoms with Crippen LogP contribution in [0.15, 0.2) is 24.3 Å². The SMILES string of the molecule is CCNC(CC)c1ccc(OC(CC)C(=O)O)cc1. The van der Waals surface area contributed by atoms with Crippen LogP contribution in [0.1, 0.15) is 45.2 Å². The van der Waals surface area contributed by atoms with Crippen LogP contribution in [-0.4, -0.2) is 23.7 Å². The molecule has 0 aliphatic heterocycles. The number of carboxylic acids is 1. The fraction of sp³-hybridized carbons (Fsp3) is 0.533. The molecular formula is C15H23NO3. The van der Waals surface area contributed by atoms with Gasteiger partial charge in [-0.3, -0.25) is 0 Å². The molecule has 0 saturated heterocycles. The van der Waals surface area contributed by atoms with Crippen molar-refractivity contribution in [3.05, 3.63) is 29.8 Å². The summed E-state index contributed by atoms with van der Waals surface area (Å²) in [6.45, 7) is 6.94. The molecule has 1 rings (SSSR count). The third kappa shape index (κ3) is 4.56. The largest absolute Gasteiger partial charge is 0.479 e. The predicted octanol–water partition coefficient (Wildman–Crippen LogP) is 2.99. The van der Waals surface area contributed by atoms with Crippen molar-refractivity contribution in [2.75, 3.05) is 6.54 Å². The Morgan fingerprint density at radius 2 is 1.84 bits per heavy atom. The van der Waals surface area contributed by atoms with E-state index in [1.54, 1.807) is 6.92 Å². The Morgan fingerprint density at radius 1 is 1.21 bits per heavy atom. The number of hydrogen-bond acceptors (Lipinski definition) is 3. The van der Waals surface area contributed by atoms with Gasteiger partial charge in [0.15, 0.2) is 6.10 Å². The third-order valence-corrected chi connectivity index (χ3v) is 3.07. The molecule has 0 fully saturated rings. The Balaban J connectivity index is 2.72. The summed E-state index contributed by atoms with van der Waals surface area (Å²) in [5.74, 6) is -0.324. The summed E-state index contributed by atoms with van der Waals surface area (Å²) in [5.41, 5.74) is 1.19. The molecule has 0 aliphatic rings. The first-order chi connectivity index (χ1) is 9.12. The quantitative estimate of drug-likeness (QED) is 0.758. The average molecular weight is 265 g/mol. The van der Waals surface area contributed by atoms with Gasteiger partial charge in [0.2, 0.25) is 0 Å². The lowest BCUT2D eigenvalue weighted by Crippen LogP contribution is -2.26. The van der Waals surface area contributed by atoms with Crippen molar-refractivity contribution in [3.63, 3.8) is 0 Å². The number of carboxylic acid groups (broad SMARTS) is 1. The zero-order valence-corrected chi connectivity index (χ0v) is 11.8. The summed E-state index contributed by atoms with van der Waals surface area (Å²) in [6, 6.07) is 7.98.